The minimum absolute atomic E-state index is 0.0953. The maximum atomic E-state index is 12.4. The van der Waals surface area contributed by atoms with Gasteiger partial charge in [-0.15, -0.1) is 11.3 Å². The van der Waals surface area contributed by atoms with Gasteiger partial charge in [0.1, 0.15) is 5.69 Å². The molecular formula is C15H14ClN3OS. The number of carbonyl (C=O) groups is 1. The summed E-state index contributed by atoms with van der Waals surface area (Å²) in [5.74, 6) is -0.0953. The van der Waals surface area contributed by atoms with Gasteiger partial charge in [0.25, 0.3) is 5.91 Å². The van der Waals surface area contributed by atoms with Crippen molar-refractivity contribution in [3.05, 3.63) is 52.3 Å². The smallest absolute Gasteiger partial charge is 0.268 e. The van der Waals surface area contributed by atoms with E-state index < -0.39 is 0 Å². The lowest BCUT2D eigenvalue weighted by molar-refractivity contribution is 0.0941. The monoisotopic (exact) mass is 319 g/mol. The molecule has 0 atom stereocenters. The molecule has 0 saturated heterocycles. The molecule has 4 nitrogen and oxygen atoms in total. The predicted octanol–water partition coefficient (Wildman–Crippen LogP) is 3.70. The second-order valence-electron chi connectivity index (χ2n) is 4.58. The van der Waals surface area contributed by atoms with Crippen LogP contribution < -0.4 is 5.32 Å². The van der Waals surface area contributed by atoms with Gasteiger partial charge in [0.05, 0.1) is 26.8 Å². The fourth-order valence-corrected chi connectivity index (χ4v) is 3.48. The molecule has 3 heterocycles. The summed E-state index contributed by atoms with van der Waals surface area (Å²) in [6.45, 7) is 3.16. The van der Waals surface area contributed by atoms with E-state index in [1.54, 1.807) is 6.20 Å². The Labute approximate surface area is 131 Å². The van der Waals surface area contributed by atoms with Crippen LogP contribution in [0.25, 0.3) is 10.2 Å². The predicted molar refractivity (Wildman–Crippen MR) is 85.9 cm³/mol. The summed E-state index contributed by atoms with van der Waals surface area (Å²) in [5.41, 5.74) is 2.51. The van der Waals surface area contributed by atoms with E-state index >= 15 is 0 Å². The number of amides is 1. The van der Waals surface area contributed by atoms with Crippen molar-refractivity contribution >= 4 is 39.1 Å². The molecule has 21 heavy (non-hydrogen) atoms. The van der Waals surface area contributed by atoms with E-state index in [4.69, 9.17) is 11.6 Å². The molecule has 3 aromatic rings. The second-order valence-corrected chi connectivity index (χ2v) is 6.29. The molecule has 1 amide bonds. The molecule has 6 heteroatoms. The molecule has 1 N–H and O–H groups in total. The van der Waals surface area contributed by atoms with Gasteiger partial charge >= 0.3 is 0 Å². The quantitative estimate of drug-likeness (QED) is 0.797. The van der Waals surface area contributed by atoms with Crippen LogP contribution in [0.1, 0.15) is 23.1 Å². The molecule has 0 saturated carbocycles. The first-order valence-electron chi connectivity index (χ1n) is 6.65. The molecule has 3 aromatic heterocycles. The van der Waals surface area contributed by atoms with Gasteiger partial charge < -0.3 is 9.88 Å². The first kappa shape index (κ1) is 14.1. The topological polar surface area (TPSA) is 46.9 Å². The first-order valence-corrected chi connectivity index (χ1v) is 7.85. The lowest BCUT2D eigenvalue weighted by atomic mass is 10.3. The number of thiophene rings is 1. The van der Waals surface area contributed by atoms with Gasteiger partial charge in [0.15, 0.2) is 0 Å². The van der Waals surface area contributed by atoms with Crippen molar-refractivity contribution in [1.29, 1.82) is 0 Å². The zero-order valence-corrected chi connectivity index (χ0v) is 13.0. The maximum absolute atomic E-state index is 12.4. The number of hydrogen-bond donors (Lipinski definition) is 1. The van der Waals surface area contributed by atoms with Crippen LogP contribution >= 0.6 is 22.9 Å². The molecule has 108 valence electrons. The lowest BCUT2D eigenvalue weighted by Gasteiger charge is -2.08. The number of halogens is 1. The number of rotatable bonds is 4. The molecule has 0 bridgehead atoms. The average molecular weight is 320 g/mol. The standard InChI is InChI=1S/C15H14ClN3OS/c1-2-19-11-8-14(16)21-13(11)7-12(19)15(20)18-9-10-5-3-4-6-17-10/h3-8H,2,9H2,1H3,(H,18,20). The minimum atomic E-state index is -0.0953. The molecule has 0 spiro atoms. The van der Waals surface area contributed by atoms with Gasteiger partial charge in [0.2, 0.25) is 0 Å². The summed E-state index contributed by atoms with van der Waals surface area (Å²) >= 11 is 7.51. The van der Waals surface area contributed by atoms with E-state index in [9.17, 15) is 4.79 Å². The van der Waals surface area contributed by atoms with Crippen molar-refractivity contribution in [2.75, 3.05) is 0 Å². The normalized spacial score (nSPS) is 11.0. The van der Waals surface area contributed by atoms with Crippen molar-refractivity contribution in [2.24, 2.45) is 0 Å². The van der Waals surface area contributed by atoms with E-state index in [1.165, 1.54) is 11.3 Å². The SMILES string of the molecule is CCn1c(C(=O)NCc2ccccn2)cc2sc(Cl)cc21. The maximum Gasteiger partial charge on any atom is 0.268 e. The van der Waals surface area contributed by atoms with Gasteiger partial charge in [-0.25, -0.2) is 0 Å². The summed E-state index contributed by atoms with van der Waals surface area (Å²) in [6, 6.07) is 9.44. The number of hydrogen-bond acceptors (Lipinski definition) is 3. The Morgan fingerprint density at radius 2 is 2.29 bits per heavy atom. The Bertz CT molecular complexity index is 779. The van der Waals surface area contributed by atoms with Crippen LogP contribution in [0, 0.1) is 0 Å². The first-order chi connectivity index (χ1) is 10.2. The lowest BCUT2D eigenvalue weighted by Crippen LogP contribution is -2.25. The summed E-state index contributed by atoms with van der Waals surface area (Å²) in [7, 11) is 0. The zero-order valence-electron chi connectivity index (χ0n) is 11.5. The van der Waals surface area contributed by atoms with E-state index in [1.807, 2.05) is 41.8 Å². The number of pyridine rings is 1. The van der Waals surface area contributed by atoms with Gasteiger partial charge in [0, 0.05) is 12.7 Å². The zero-order chi connectivity index (χ0) is 14.8. The molecular weight excluding hydrogens is 306 g/mol. The third-order valence-electron chi connectivity index (χ3n) is 3.26. The van der Waals surface area contributed by atoms with Crippen LogP contribution in [0.3, 0.4) is 0 Å². The largest absolute Gasteiger partial charge is 0.345 e. The molecule has 3 rings (SSSR count). The Morgan fingerprint density at radius 1 is 1.43 bits per heavy atom. The van der Waals surface area contributed by atoms with Crippen LogP contribution in [0.2, 0.25) is 4.34 Å². The highest BCUT2D eigenvalue weighted by molar-refractivity contribution is 7.22. The van der Waals surface area contributed by atoms with E-state index in [0.29, 0.717) is 12.2 Å². The van der Waals surface area contributed by atoms with Crippen molar-refractivity contribution in [1.82, 2.24) is 14.9 Å². The highest BCUT2D eigenvalue weighted by Gasteiger charge is 2.16. The van der Waals surface area contributed by atoms with Crippen molar-refractivity contribution in [3.63, 3.8) is 0 Å². The van der Waals surface area contributed by atoms with Gasteiger partial charge in [-0.05, 0) is 31.2 Å². The van der Waals surface area contributed by atoms with Gasteiger partial charge in [-0.1, -0.05) is 17.7 Å². The van der Waals surface area contributed by atoms with E-state index in [2.05, 4.69) is 10.3 Å². The van der Waals surface area contributed by atoms with Crippen molar-refractivity contribution in [2.45, 2.75) is 20.0 Å². The fourth-order valence-electron chi connectivity index (χ4n) is 2.30. The number of aryl methyl sites for hydroxylation is 1. The molecule has 0 fully saturated rings. The Morgan fingerprint density at radius 3 is 3.00 bits per heavy atom. The second kappa shape index (κ2) is 5.87. The number of aromatic nitrogens is 2. The molecule has 0 aliphatic carbocycles. The average Bonchev–Trinajstić information content (AvgIpc) is 3.01. The van der Waals surface area contributed by atoms with Crippen LogP contribution in [-0.2, 0) is 13.1 Å². The Hall–Kier alpha value is -1.85. The number of fused-ring (bicyclic) bond motifs is 1. The summed E-state index contributed by atoms with van der Waals surface area (Å²) in [4.78, 5) is 16.6. The molecule has 0 unspecified atom stereocenters. The van der Waals surface area contributed by atoms with Gasteiger partial charge in [-0.2, -0.15) is 0 Å². The van der Waals surface area contributed by atoms with Crippen molar-refractivity contribution < 1.29 is 4.79 Å². The highest BCUT2D eigenvalue weighted by Crippen LogP contribution is 2.32. The summed E-state index contributed by atoms with van der Waals surface area (Å²) in [6.07, 6.45) is 1.72. The van der Waals surface area contributed by atoms with E-state index in [0.717, 1.165) is 26.8 Å². The molecule has 0 aliphatic heterocycles. The number of carbonyl (C=O) groups excluding carboxylic acids is 1. The van der Waals surface area contributed by atoms with E-state index in [-0.39, 0.29) is 5.91 Å². The molecule has 0 aromatic carbocycles. The number of nitrogens with zero attached hydrogens (tertiary/aromatic N) is 2. The Kier molecular flexibility index (Phi) is 3.94. The third-order valence-corrected chi connectivity index (χ3v) is 4.46. The van der Waals surface area contributed by atoms with Gasteiger partial charge in [-0.3, -0.25) is 9.78 Å². The molecule has 0 radical (unpaired) electrons. The highest BCUT2D eigenvalue weighted by atomic mass is 35.5. The third kappa shape index (κ3) is 2.80. The minimum Gasteiger partial charge on any atom is -0.345 e. The van der Waals surface area contributed by atoms with Crippen LogP contribution in [-0.4, -0.2) is 15.5 Å². The molecule has 0 aliphatic rings. The number of nitrogens with one attached hydrogen (secondary N) is 1. The summed E-state index contributed by atoms with van der Waals surface area (Å²) < 4.78 is 3.75. The Balaban J connectivity index is 1.82. The summed E-state index contributed by atoms with van der Waals surface area (Å²) in [5, 5.41) is 2.90. The van der Waals surface area contributed by atoms with Crippen LogP contribution in [0.4, 0.5) is 0 Å². The fraction of sp³-hybridized carbons (Fsp3) is 0.200. The van der Waals surface area contributed by atoms with Crippen LogP contribution in [0.15, 0.2) is 36.5 Å². The van der Waals surface area contributed by atoms with Crippen LogP contribution in [0.5, 0.6) is 0 Å². The van der Waals surface area contributed by atoms with Crippen molar-refractivity contribution in [3.8, 4) is 0 Å².